The fourth-order valence-electron chi connectivity index (χ4n) is 1.97. The van der Waals surface area contributed by atoms with Gasteiger partial charge in [0.1, 0.15) is 17.0 Å². The van der Waals surface area contributed by atoms with Gasteiger partial charge in [0.2, 0.25) is 0 Å². The predicted octanol–water partition coefficient (Wildman–Crippen LogP) is 2.69. The van der Waals surface area contributed by atoms with E-state index >= 15 is 0 Å². The quantitative estimate of drug-likeness (QED) is 0.661. The van der Waals surface area contributed by atoms with Crippen LogP contribution in [-0.4, -0.2) is 22.5 Å². The molecule has 0 atom stereocenters. The van der Waals surface area contributed by atoms with Crippen molar-refractivity contribution in [2.75, 3.05) is 7.11 Å². The Balaban J connectivity index is 2.18. The van der Waals surface area contributed by atoms with E-state index in [4.69, 9.17) is 9.15 Å². The summed E-state index contributed by atoms with van der Waals surface area (Å²) in [6.45, 7) is 1.87. The first-order valence-electron chi connectivity index (χ1n) is 5.82. The molecule has 19 heavy (non-hydrogen) atoms. The van der Waals surface area contributed by atoms with Gasteiger partial charge in [-0.25, -0.2) is 9.78 Å². The summed E-state index contributed by atoms with van der Waals surface area (Å²) in [4.78, 5) is 16.1. The summed E-state index contributed by atoms with van der Waals surface area (Å²) in [6.07, 6.45) is 3.65. The van der Waals surface area contributed by atoms with Gasteiger partial charge in [-0.1, -0.05) is 0 Å². The van der Waals surface area contributed by atoms with Gasteiger partial charge in [-0.3, -0.25) is 0 Å². The zero-order valence-electron chi connectivity index (χ0n) is 10.6. The first-order valence-corrected chi connectivity index (χ1v) is 5.82. The Labute approximate surface area is 109 Å². The number of rotatable bonds is 2. The molecule has 0 aliphatic carbocycles. The summed E-state index contributed by atoms with van der Waals surface area (Å²) in [5.41, 5.74) is 1.67. The molecule has 96 valence electrons. The molecule has 0 aromatic carbocycles. The number of furan rings is 1. The Morgan fingerprint density at radius 2 is 2.21 bits per heavy atom. The number of imidazole rings is 1. The second-order valence-corrected chi connectivity index (χ2v) is 4.18. The van der Waals surface area contributed by atoms with Crippen LogP contribution in [-0.2, 0) is 4.74 Å². The zero-order chi connectivity index (χ0) is 13.4. The largest absolute Gasteiger partial charge is 0.465 e. The number of fused-ring (bicyclic) bond motifs is 1. The maximum Gasteiger partial charge on any atom is 0.341 e. The van der Waals surface area contributed by atoms with Crippen LogP contribution in [0.2, 0.25) is 0 Å². The molecule has 0 bridgehead atoms. The number of aromatic nitrogens is 2. The first-order chi connectivity index (χ1) is 9.19. The SMILES string of the molecule is COC(=O)c1cccn2cc(-c3ccc(C)o3)nc12. The highest BCUT2D eigenvalue weighted by Gasteiger charge is 2.15. The second-order valence-electron chi connectivity index (χ2n) is 4.18. The molecule has 0 spiro atoms. The van der Waals surface area contributed by atoms with Crippen LogP contribution in [0.4, 0.5) is 0 Å². The molecule has 0 amide bonds. The van der Waals surface area contributed by atoms with Crippen LogP contribution in [0.15, 0.2) is 41.1 Å². The van der Waals surface area contributed by atoms with E-state index in [9.17, 15) is 4.79 Å². The lowest BCUT2D eigenvalue weighted by Gasteiger charge is -2.00. The fourth-order valence-corrected chi connectivity index (χ4v) is 1.97. The van der Waals surface area contributed by atoms with E-state index in [1.54, 1.807) is 16.5 Å². The van der Waals surface area contributed by atoms with Crippen molar-refractivity contribution >= 4 is 11.6 Å². The third-order valence-corrected chi connectivity index (χ3v) is 2.88. The van der Waals surface area contributed by atoms with Crippen LogP contribution >= 0.6 is 0 Å². The molecule has 0 radical (unpaired) electrons. The van der Waals surface area contributed by atoms with Gasteiger partial charge in [0, 0.05) is 12.4 Å². The molecular weight excluding hydrogens is 244 g/mol. The lowest BCUT2D eigenvalue weighted by atomic mass is 10.3. The monoisotopic (exact) mass is 256 g/mol. The summed E-state index contributed by atoms with van der Waals surface area (Å²) in [7, 11) is 1.35. The molecule has 3 aromatic rings. The number of pyridine rings is 1. The van der Waals surface area contributed by atoms with Gasteiger partial charge in [-0.15, -0.1) is 0 Å². The van der Waals surface area contributed by atoms with E-state index in [2.05, 4.69) is 4.98 Å². The molecule has 5 nitrogen and oxygen atoms in total. The third-order valence-electron chi connectivity index (χ3n) is 2.88. The number of carbonyl (C=O) groups is 1. The van der Waals surface area contributed by atoms with Crippen molar-refractivity contribution in [3.63, 3.8) is 0 Å². The number of ether oxygens (including phenoxy) is 1. The smallest absolute Gasteiger partial charge is 0.341 e. The van der Waals surface area contributed by atoms with Crippen molar-refractivity contribution in [2.45, 2.75) is 6.92 Å². The molecule has 0 unspecified atom stereocenters. The normalized spacial score (nSPS) is 10.8. The summed E-state index contributed by atoms with van der Waals surface area (Å²) >= 11 is 0. The lowest BCUT2D eigenvalue weighted by Crippen LogP contribution is -2.03. The number of hydrogen-bond acceptors (Lipinski definition) is 4. The minimum Gasteiger partial charge on any atom is -0.465 e. The Kier molecular flexibility index (Phi) is 2.59. The number of aryl methyl sites for hydroxylation is 1. The Morgan fingerprint density at radius 3 is 2.89 bits per heavy atom. The standard InChI is InChI=1S/C14H12N2O3/c1-9-5-6-12(19-9)11-8-16-7-3-4-10(13(16)15-11)14(17)18-2/h3-8H,1-2H3. The van der Waals surface area contributed by atoms with Crippen LogP contribution in [0.1, 0.15) is 16.1 Å². The van der Waals surface area contributed by atoms with Crippen LogP contribution in [0.25, 0.3) is 17.1 Å². The van der Waals surface area contributed by atoms with Crippen molar-refractivity contribution in [3.05, 3.63) is 48.0 Å². The molecule has 3 heterocycles. The van der Waals surface area contributed by atoms with Crippen LogP contribution in [0, 0.1) is 6.92 Å². The van der Waals surface area contributed by atoms with Crippen molar-refractivity contribution < 1.29 is 13.9 Å². The van der Waals surface area contributed by atoms with Gasteiger partial charge in [-0.2, -0.15) is 0 Å². The molecule has 0 aliphatic heterocycles. The molecule has 0 fully saturated rings. The van der Waals surface area contributed by atoms with Gasteiger partial charge in [0.05, 0.1) is 7.11 Å². The molecule has 5 heteroatoms. The van der Waals surface area contributed by atoms with Gasteiger partial charge >= 0.3 is 5.97 Å². The topological polar surface area (TPSA) is 56.7 Å². The predicted molar refractivity (Wildman–Crippen MR) is 69.0 cm³/mol. The van der Waals surface area contributed by atoms with Crippen LogP contribution in [0.5, 0.6) is 0 Å². The highest BCUT2D eigenvalue weighted by atomic mass is 16.5. The Bertz CT molecular complexity index is 755. The molecular formula is C14H12N2O3. The summed E-state index contributed by atoms with van der Waals surface area (Å²) in [5, 5.41) is 0. The van der Waals surface area contributed by atoms with E-state index in [1.165, 1.54) is 7.11 Å². The maximum atomic E-state index is 11.7. The number of hydrogen-bond donors (Lipinski definition) is 0. The molecule has 3 aromatic heterocycles. The van der Waals surface area contributed by atoms with Crippen molar-refractivity contribution in [1.82, 2.24) is 9.38 Å². The number of carbonyl (C=O) groups excluding carboxylic acids is 1. The number of methoxy groups -OCH3 is 1. The van der Waals surface area contributed by atoms with Crippen LogP contribution < -0.4 is 0 Å². The van der Waals surface area contributed by atoms with Gasteiger partial charge in [0.15, 0.2) is 11.4 Å². The number of nitrogens with zero attached hydrogens (tertiary/aromatic N) is 2. The highest BCUT2D eigenvalue weighted by molar-refractivity contribution is 5.96. The number of esters is 1. The third kappa shape index (κ3) is 1.89. The van der Waals surface area contributed by atoms with E-state index in [-0.39, 0.29) is 0 Å². The fraction of sp³-hybridized carbons (Fsp3) is 0.143. The van der Waals surface area contributed by atoms with Crippen molar-refractivity contribution in [2.24, 2.45) is 0 Å². The molecule has 0 aliphatic rings. The van der Waals surface area contributed by atoms with Crippen molar-refractivity contribution in [3.8, 4) is 11.5 Å². The maximum absolute atomic E-state index is 11.7. The van der Waals surface area contributed by atoms with Gasteiger partial charge in [0.25, 0.3) is 0 Å². The zero-order valence-corrected chi connectivity index (χ0v) is 10.6. The first kappa shape index (κ1) is 11.5. The molecule has 0 saturated carbocycles. The molecule has 3 rings (SSSR count). The van der Waals surface area contributed by atoms with Crippen molar-refractivity contribution in [1.29, 1.82) is 0 Å². The Hall–Kier alpha value is -2.56. The van der Waals surface area contributed by atoms with Gasteiger partial charge < -0.3 is 13.6 Å². The second kappa shape index (κ2) is 4.28. The van der Waals surface area contributed by atoms with E-state index in [0.717, 1.165) is 5.76 Å². The summed E-state index contributed by atoms with van der Waals surface area (Å²) in [5.74, 6) is 1.09. The average molecular weight is 256 g/mol. The van der Waals surface area contributed by atoms with E-state index in [0.29, 0.717) is 22.7 Å². The summed E-state index contributed by atoms with van der Waals surface area (Å²) < 4.78 is 12.1. The Morgan fingerprint density at radius 1 is 1.37 bits per heavy atom. The average Bonchev–Trinajstić information content (AvgIpc) is 3.02. The summed E-state index contributed by atoms with van der Waals surface area (Å²) in [6, 6.07) is 7.19. The lowest BCUT2D eigenvalue weighted by molar-refractivity contribution is 0.0602. The van der Waals surface area contributed by atoms with E-state index < -0.39 is 5.97 Å². The minimum atomic E-state index is -0.404. The van der Waals surface area contributed by atoms with E-state index in [1.807, 2.05) is 31.5 Å². The van der Waals surface area contributed by atoms with Gasteiger partial charge in [-0.05, 0) is 31.2 Å². The van der Waals surface area contributed by atoms with Crippen LogP contribution in [0.3, 0.4) is 0 Å². The molecule has 0 saturated heterocycles. The highest BCUT2D eigenvalue weighted by Crippen LogP contribution is 2.23. The minimum absolute atomic E-state index is 0.404. The molecule has 0 N–H and O–H groups in total.